The third-order valence-electron chi connectivity index (χ3n) is 19.1. The number of aliphatic hydroxyl groups is 1. The molecule has 0 fully saturated rings. The summed E-state index contributed by atoms with van der Waals surface area (Å²) in [5.74, 6) is -0.514. The molecule has 588 valence electrons. The summed E-state index contributed by atoms with van der Waals surface area (Å²) in [7, 11) is -9.91. The maximum atomic E-state index is 13.1. The second-order valence-electron chi connectivity index (χ2n) is 29.5. The van der Waals surface area contributed by atoms with Crippen LogP contribution in [0.2, 0.25) is 0 Å². The van der Waals surface area contributed by atoms with E-state index in [1.165, 1.54) is 225 Å². The summed E-state index contributed by atoms with van der Waals surface area (Å²) in [4.78, 5) is 72.8. The number of phosphoric ester groups is 2. The molecule has 0 aliphatic rings. The van der Waals surface area contributed by atoms with Gasteiger partial charge in [-0.1, -0.05) is 369 Å². The molecule has 0 saturated heterocycles. The Balaban J connectivity index is 5.17. The molecule has 0 bridgehead atoms. The highest BCUT2D eigenvalue weighted by atomic mass is 31.2. The first kappa shape index (κ1) is 97.1. The Kier molecular flexibility index (Phi) is 70.3. The predicted octanol–water partition coefficient (Wildman–Crippen LogP) is 23.9. The number of unbranched alkanes of at least 4 members (excludes halogenated alkanes) is 48. The number of carbonyl (C=O) groups excluding carboxylic acids is 4. The molecule has 0 radical (unpaired) electrons. The molecule has 3 unspecified atom stereocenters. The van der Waals surface area contributed by atoms with E-state index in [0.29, 0.717) is 25.7 Å². The second kappa shape index (κ2) is 71.7. The number of carbonyl (C=O) groups is 4. The lowest BCUT2D eigenvalue weighted by Crippen LogP contribution is -2.30. The Hall–Kier alpha value is -1.94. The first-order chi connectivity index (χ1) is 47.9. The summed E-state index contributed by atoms with van der Waals surface area (Å²) < 4.78 is 68.5. The zero-order chi connectivity index (χ0) is 72.8. The van der Waals surface area contributed by atoms with Gasteiger partial charge in [0, 0.05) is 25.7 Å². The van der Waals surface area contributed by atoms with Crippen LogP contribution < -0.4 is 0 Å². The van der Waals surface area contributed by atoms with Crippen molar-refractivity contribution in [2.24, 2.45) is 11.8 Å². The van der Waals surface area contributed by atoms with Gasteiger partial charge in [0.05, 0.1) is 26.4 Å². The van der Waals surface area contributed by atoms with Crippen LogP contribution in [0.3, 0.4) is 0 Å². The van der Waals surface area contributed by atoms with E-state index >= 15 is 0 Å². The normalized spacial score (nSPS) is 14.2. The van der Waals surface area contributed by atoms with Gasteiger partial charge in [0.15, 0.2) is 12.2 Å². The Labute approximate surface area is 607 Å². The smallest absolute Gasteiger partial charge is 0.462 e. The molecule has 0 rings (SSSR count). The van der Waals surface area contributed by atoms with Gasteiger partial charge >= 0.3 is 39.5 Å². The molecule has 0 heterocycles. The van der Waals surface area contributed by atoms with E-state index < -0.39 is 97.5 Å². The summed E-state index contributed by atoms with van der Waals surface area (Å²) >= 11 is 0. The van der Waals surface area contributed by atoms with Gasteiger partial charge in [-0.15, -0.1) is 0 Å². The topological polar surface area (TPSA) is 237 Å². The monoisotopic (exact) mass is 1450 g/mol. The van der Waals surface area contributed by atoms with E-state index in [-0.39, 0.29) is 25.7 Å². The molecule has 0 amide bonds. The average molecular weight is 1450 g/mol. The van der Waals surface area contributed by atoms with Crippen molar-refractivity contribution in [2.75, 3.05) is 39.6 Å². The fourth-order valence-electron chi connectivity index (χ4n) is 12.3. The summed E-state index contributed by atoms with van der Waals surface area (Å²) in [6.07, 6.45) is 61.3. The van der Waals surface area contributed by atoms with Gasteiger partial charge in [0.2, 0.25) is 0 Å². The van der Waals surface area contributed by atoms with Crippen molar-refractivity contribution < 1.29 is 80.2 Å². The van der Waals surface area contributed by atoms with E-state index in [0.717, 1.165) is 115 Å². The van der Waals surface area contributed by atoms with Gasteiger partial charge in [0.1, 0.15) is 19.3 Å². The van der Waals surface area contributed by atoms with Crippen LogP contribution in [-0.4, -0.2) is 96.7 Å². The lowest BCUT2D eigenvalue weighted by atomic mass is 9.99. The van der Waals surface area contributed by atoms with Crippen molar-refractivity contribution in [1.29, 1.82) is 0 Å². The SMILES string of the molecule is CCCCCCCCCCCCCCCCCCCCCCCC(=O)O[C@H](COC(=O)CCCCCCCCCCCCCCCCC(C)CC)COP(=O)(O)OC[C@@H](O)COP(=O)(O)OC[C@@H](COC(=O)CCCCCCCCC)OC(=O)CCCCCCCCCCCCC(C)C. The van der Waals surface area contributed by atoms with E-state index in [9.17, 15) is 43.2 Å². The van der Waals surface area contributed by atoms with Gasteiger partial charge in [-0.05, 0) is 37.5 Å². The van der Waals surface area contributed by atoms with Crippen molar-refractivity contribution in [3.05, 3.63) is 0 Å². The van der Waals surface area contributed by atoms with Crippen LogP contribution in [0.5, 0.6) is 0 Å². The van der Waals surface area contributed by atoms with Gasteiger partial charge in [-0.2, -0.15) is 0 Å². The lowest BCUT2D eigenvalue weighted by molar-refractivity contribution is -0.161. The van der Waals surface area contributed by atoms with Crippen LogP contribution >= 0.6 is 15.6 Å². The Morgan fingerprint density at radius 1 is 0.293 bits per heavy atom. The Morgan fingerprint density at radius 3 is 0.768 bits per heavy atom. The first-order valence-electron chi connectivity index (χ1n) is 41.5. The molecule has 0 aromatic carbocycles. The van der Waals surface area contributed by atoms with Crippen LogP contribution in [-0.2, 0) is 65.4 Å². The Bertz CT molecular complexity index is 1910. The minimum atomic E-state index is -4.96. The zero-order valence-electron chi connectivity index (χ0n) is 64.8. The van der Waals surface area contributed by atoms with Crippen LogP contribution in [0.1, 0.15) is 420 Å². The van der Waals surface area contributed by atoms with Crippen molar-refractivity contribution in [3.8, 4) is 0 Å². The van der Waals surface area contributed by atoms with Crippen LogP contribution in [0.15, 0.2) is 0 Å². The molecular formula is C80H156O17P2. The van der Waals surface area contributed by atoms with Gasteiger partial charge in [-0.25, -0.2) is 9.13 Å². The van der Waals surface area contributed by atoms with Crippen LogP contribution in [0.4, 0.5) is 0 Å². The van der Waals surface area contributed by atoms with E-state index in [2.05, 4.69) is 41.5 Å². The van der Waals surface area contributed by atoms with E-state index in [1.807, 2.05) is 0 Å². The summed E-state index contributed by atoms with van der Waals surface area (Å²) in [6, 6.07) is 0. The van der Waals surface area contributed by atoms with Crippen molar-refractivity contribution in [1.82, 2.24) is 0 Å². The van der Waals surface area contributed by atoms with Crippen molar-refractivity contribution in [2.45, 2.75) is 439 Å². The molecular weight excluding hydrogens is 1290 g/mol. The van der Waals surface area contributed by atoms with Crippen molar-refractivity contribution in [3.63, 3.8) is 0 Å². The first-order valence-corrected chi connectivity index (χ1v) is 44.5. The highest BCUT2D eigenvalue weighted by Gasteiger charge is 2.30. The lowest BCUT2D eigenvalue weighted by Gasteiger charge is -2.21. The number of hydrogen-bond acceptors (Lipinski definition) is 15. The average Bonchev–Trinajstić information content (AvgIpc) is 1.02. The minimum absolute atomic E-state index is 0.106. The molecule has 17 nitrogen and oxygen atoms in total. The highest BCUT2D eigenvalue weighted by molar-refractivity contribution is 7.47. The Morgan fingerprint density at radius 2 is 0.515 bits per heavy atom. The molecule has 0 spiro atoms. The maximum absolute atomic E-state index is 13.1. The molecule has 0 aromatic heterocycles. The molecule has 0 aromatic rings. The van der Waals surface area contributed by atoms with Crippen molar-refractivity contribution >= 4 is 39.5 Å². The number of hydrogen-bond donors (Lipinski definition) is 3. The quantitative estimate of drug-likeness (QED) is 0.0222. The van der Waals surface area contributed by atoms with E-state index in [1.54, 1.807) is 0 Å². The molecule has 0 aliphatic heterocycles. The number of phosphoric acid groups is 2. The third kappa shape index (κ3) is 72.8. The zero-order valence-corrected chi connectivity index (χ0v) is 66.6. The summed E-state index contributed by atoms with van der Waals surface area (Å²) in [5, 5.41) is 10.6. The molecule has 0 aliphatic carbocycles. The van der Waals surface area contributed by atoms with Crippen LogP contribution in [0.25, 0.3) is 0 Å². The molecule has 0 saturated carbocycles. The second-order valence-corrected chi connectivity index (χ2v) is 32.4. The minimum Gasteiger partial charge on any atom is -0.462 e. The third-order valence-corrected chi connectivity index (χ3v) is 21.0. The van der Waals surface area contributed by atoms with E-state index in [4.69, 9.17) is 37.0 Å². The predicted molar refractivity (Wildman–Crippen MR) is 405 cm³/mol. The van der Waals surface area contributed by atoms with Crippen LogP contribution in [0, 0.1) is 11.8 Å². The molecule has 99 heavy (non-hydrogen) atoms. The number of aliphatic hydroxyl groups excluding tert-OH is 1. The van der Waals surface area contributed by atoms with Gasteiger partial charge < -0.3 is 33.8 Å². The van der Waals surface area contributed by atoms with Gasteiger partial charge in [-0.3, -0.25) is 37.3 Å². The summed E-state index contributed by atoms with van der Waals surface area (Å²) in [5.41, 5.74) is 0. The number of rotatable bonds is 79. The highest BCUT2D eigenvalue weighted by Crippen LogP contribution is 2.45. The number of esters is 4. The van der Waals surface area contributed by atoms with Gasteiger partial charge in [0.25, 0.3) is 0 Å². The molecule has 19 heteroatoms. The summed E-state index contributed by atoms with van der Waals surface area (Å²) in [6.45, 7) is 9.62. The standard InChI is InChI=1S/C80H156O17P2/c1-7-10-12-14-16-17-18-19-20-21-22-23-24-25-26-31-34-40-46-52-58-64-79(84)97-76(69-91-78(83)63-57-51-45-39-33-30-28-27-29-32-38-44-49-55-61-73(6)9-3)71-95-99(88,89)93-67-74(81)66-92-98(86,87)94-70-75(68-90-77(82)62-56-50-42-15-13-11-8-2)96-80(85)65-59-53-47-41-36-35-37-43-48-54-60-72(4)5/h72-76,81H,7-71H2,1-6H3,(H,86,87)(H,88,89)/t73?,74-,75+,76+/m0/s1. The number of ether oxygens (including phenoxy) is 4. The fourth-order valence-corrected chi connectivity index (χ4v) is 13.9. The molecule has 6 atom stereocenters. The molecule has 3 N–H and O–H groups in total. The maximum Gasteiger partial charge on any atom is 0.472 e. The largest absolute Gasteiger partial charge is 0.472 e. The fraction of sp³-hybridized carbons (Fsp3) is 0.950.